The molecule has 6 heteroatoms. The van der Waals surface area contributed by atoms with Crippen molar-refractivity contribution in [2.45, 2.75) is 39.9 Å². The van der Waals surface area contributed by atoms with E-state index < -0.39 is 14.2 Å². The number of hydrogen-bond acceptors (Lipinski definition) is 4. The largest absolute Gasteiger partial charge is 0.461 e. The fourth-order valence-corrected chi connectivity index (χ4v) is 5.05. The lowest BCUT2D eigenvalue weighted by Gasteiger charge is -2.34. The molecule has 0 N–H and O–H groups in total. The number of benzene rings is 1. The van der Waals surface area contributed by atoms with Gasteiger partial charge in [0.25, 0.3) is 5.24 Å². The van der Waals surface area contributed by atoms with E-state index in [1.54, 1.807) is 23.8 Å². The van der Waals surface area contributed by atoms with E-state index in [-0.39, 0.29) is 11.8 Å². The second kappa shape index (κ2) is 9.08. The molecule has 0 fully saturated rings. The number of ether oxygens (including phenoxy) is 1. The first-order valence-electron chi connectivity index (χ1n) is 8.10. The molecule has 1 rings (SSSR count). The molecule has 0 aromatic heterocycles. The average Bonchev–Trinajstić information content (AvgIpc) is 2.53. The molecule has 0 aliphatic heterocycles. The van der Waals surface area contributed by atoms with Crippen molar-refractivity contribution in [3.63, 3.8) is 0 Å². The minimum atomic E-state index is -2.10. The third-order valence-corrected chi connectivity index (χ3v) is 5.92. The molecule has 0 bridgehead atoms. The SMILES string of the molecule is CCOC(=O)/C(=C/c1ccc(CC)cc1)N(C(=O)SC)[Si](C)(C)C. The Morgan fingerprint density at radius 3 is 2.17 bits per heavy atom. The van der Waals surface area contributed by atoms with Gasteiger partial charge in [-0.3, -0.25) is 4.79 Å². The zero-order valence-electron chi connectivity index (χ0n) is 15.4. The average molecular weight is 366 g/mol. The normalized spacial score (nSPS) is 12.0. The van der Waals surface area contributed by atoms with Gasteiger partial charge in [0.15, 0.2) is 8.24 Å². The highest BCUT2D eigenvalue weighted by Gasteiger charge is 2.35. The third kappa shape index (κ3) is 5.53. The van der Waals surface area contributed by atoms with Crippen LogP contribution in [0.25, 0.3) is 6.08 Å². The van der Waals surface area contributed by atoms with Crippen LogP contribution < -0.4 is 0 Å². The van der Waals surface area contributed by atoms with E-state index in [9.17, 15) is 9.59 Å². The molecule has 1 aromatic rings. The van der Waals surface area contributed by atoms with Gasteiger partial charge >= 0.3 is 5.97 Å². The Morgan fingerprint density at radius 1 is 1.17 bits per heavy atom. The van der Waals surface area contributed by atoms with Crippen LogP contribution >= 0.6 is 11.8 Å². The Hall–Kier alpha value is -1.53. The van der Waals surface area contributed by atoms with Crippen molar-refractivity contribution in [1.29, 1.82) is 0 Å². The molecule has 0 saturated carbocycles. The van der Waals surface area contributed by atoms with Gasteiger partial charge in [0.1, 0.15) is 5.70 Å². The molecule has 0 saturated heterocycles. The van der Waals surface area contributed by atoms with Crippen molar-refractivity contribution in [2.75, 3.05) is 12.9 Å². The van der Waals surface area contributed by atoms with Crippen molar-refractivity contribution < 1.29 is 14.3 Å². The lowest BCUT2D eigenvalue weighted by atomic mass is 10.1. The van der Waals surface area contributed by atoms with Gasteiger partial charge in [0.05, 0.1) is 6.61 Å². The fraction of sp³-hybridized carbons (Fsp3) is 0.444. The number of carbonyl (C=O) groups excluding carboxylic acids is 2. The minimum absolute atomic E-state index is 0.126. The summed E-state index contributed by atoms with van der Waals surface area (Å²) in [5.41, 5.74) is 2.43. The topological polar surface area (TPSA) is 46.6 Å². The van der Waals surface area contributed by atoms with Crippen LogP contribution in [-0.2, 0) is 16.0 Å². The van der Waals surface area contributed by atoms with Crippen LogP contribution in [0, 0.1) is 0 Å². The van der Waals surface area contributed by atoms with Gasteiger partial charge in [-0.25, -0.2) is 4.79 Å². The summed E-state index contributed by atoms with van der Waals surface area (Å²) in [6.07, 6.45) is 4.44. The quantitative estimate of drug-likeness (QED) is 0.414. The maximum absolute atomic E-state index is 12.5. The Balaban J connectivity index is 3.39. The zero-order chi connectivity index (χ0) is 18.3. The number of carbonyl (C=O) groups is 2. The molecule has 0 unspecified atom stereocenters. The first-order chi connectivity index (χ1) is 11.2. The lowest BCUT2D eigenvalue weighted by Crippen LogP contribution is -2.49. The van der Waals surface area contributed by atoms with Gasteiger partial charge < -0.3 is 9.30 Å². The van der Waals surface area contributed by atoms with Crippen LogP contribution in [0.2, 0.25) is 19.6 Å². The van der Waals surface area contributed by atoms with Crippen molar-refractivity contribution in [3.05, 3.63) is 41.1 Å². The molecule has 4 nitrogen and oxygen atoms in total. The van der Waals surface area contributed by atoms with Crippen molar-refractivity contribution in [1.82, 2.24) is 4.57 Å². The number of amides is 1. The van der Waals surface area contributed by atoms with Gasteiger partial charge in [0, 0.05) is 0 Å². The van der Waals surface area contributed by atoms with Gasteiger partial charge in [-0.1, -0.05) is 62.6 Å². The predicted molar refractivity (Wildman–Crippen MR) is 105 cm³/mol. The number of thioether (sulfide) groups is 1. The summed E-state index contributed by atoms with van der Waals surface area (Å²) in [5.74, 6) is -0.457. The smallest absolute Gasteiger partial charge is 0.354 e. The summed E-state index contributed by atoms with van der Waals surface area (Å²) in [6.45, 7) is 10.2. The molecule has 1 amide bonds. The molecule has 0 spiro atoms. The zero-order valence-corrected chi connectivity index (χ0v) is 17.2. The Labute approximate surface area is 150 Å². The fourth-order valence-electron chi connectivity index (χ4n) is 2.25. The van der Waals surface area contributed by atoms with Crippen LogP contribution in [0.3, 0.4) is 0 Å². The molecule has 0 atom stereocenters. The number of aryl methyl sites for hydroxylation is 1. The van der Waals surface area contributed by atoms with Crippen molar-refractivity contribution in [2.24, 2.45) is 0 Å². The molecule has 1 aromatic carbocycles. The van der Waals surface area contributed by atoms with Crippen molar-refractivity contribution >= 4 is 37.3 Å². The van der Waals surface area contributed by atoms with Crippen molar-refractivity contribution in [3.8, 4) is 0 Å². The first kappa shape index (κ1) is 20.5. The number of hydrogen-bond donors (Lipinski definition) is 0. The molecule has 0 heterocycles. The Kier molecular flexibility index (Phi) is 7.76. The summed E-state index contributed by atoms with van der Waals surface area (Å²) in [4.78, 5) is 25.0. The molecule has 0 aliphatic rings. The van der Waals surface area contributed by atoms with Crippen LogP contribution in [0.5, 0.6) is 0 Å². The highest BCUT2D eigenvalue weighted by molar-refractivity contribution is 8.13. The van der Waals surface area contributed by atoms with Gasteiger partial charge in [0.2, 0.25) is 0 Å². The predicted octanol–water partition coefficient (Wildman–Crippen LogP) is 4.77. The van der Waals surface area contributed by atoms with E-state index in [1.165, 1.54) is 5.56 Å². The summed E-state index contributed by atoms with van der Waals surface area (Å²) < 4.78 is 6.85. The lowest BCUT2D eigenvalue weighted by molar-refractivity contribution is -0.139. The van der Waals surface area contributed by atoms with Crippen LogP contribution in [0.4, 0.5) is 4.79 Å². The number of nitrogens with zero attached hydrogens (tertiary/aromatic N) is 1. The second-order valence-corrected chi connectivity index (χ2v) is 11.9. The summed E-state index contributed by atoms with van der Waals surface area (Å²) in [6, 6.07) is 7.99. The molecular formula is C18H27NO3SSi. The van der Waals surface area contributed by atoms with E-state index in [1.807, 2.05) is 43.9 Å². The highest BCUT2D eigenvalue weighted by Crippen LogP contribution is 2.25. The second-order valence-electron chi connectivity index (χ2n) is 6.32. The summed E-state index contributed by atoms with van der Waals surface area (Å²) in [5, 5.41) is -0.126. The molecular weight excluding hydrogens is 338 g/mol. The third-order valence-electron chi connectivity index (χ3n) is 3.44. The van der Waals surface area contributed by atoms with E-state index in [0.29, 0.717) is 5.70 Å². The van der Waals surface area contributed by atoms with Gasteiger partial charge in [-0.2, -0.15) is 0 Å². The Morgan fingerprint density at radius 2 is 1.75 bits per heavy atom. The number of rotatable bonds is 6. The van der Waals surface area contributed by atoms with Crippen LogP contribution in [0.1, 0.15) is 25.0 Å². The van der Waals surface area contributed by atoms with E-state index in [4.69, 9.17) is 4.74 Å². The highest BCUT2D eigenvalue weighted by atomic mass is 32.2. The van der Waals surface area contributed by atoms with E-state index in [2.05, 4.69) is 6.92 Å². The van der Waals surface area contributed by atoms with Crippen LogP contribution in [-0.4, -0.2) is 36.9 Å². The molecule has 0 aliphatic carbocycles. The molecule has 132 valence electrons. The van der Waals surface area contributed by atoms with Gasteiger partial charge in [-0.15, -0.1) is 0 Å². The maximum atomic E-state index is 12.5. The Bertz CT molecular complexity index is 606. The summed E-state index contributed by atoms with van der Waals surface area (Å²) in [7, 11) is -2.10. The first-order valence-corrected chi connectivity index (χ1v) is 12.8. The van der Waals surface area contributed by atoms with Crippen LogP contribution in [0.15, 0.2) is 30.0 Å². The van der Waals surface area contributed by atoms with Gasteiger partial charge in [-0.05, 0) is 36.8 Å². The monoisotopic (exact) mass is 365 g/mol. The van der Waals surface area contributed by atoms with E-state index in [0.717, 1.165) is 23.7 Å². The maximum Gasteiger partial charge on any atom is 0.354 e. The number of esters is 1. The standard InChI is InChI=1S/C18H27NO3SSi/c1-7-14-9-11-15(12-10-14)13-16(17(20)22-8-2)19(18(21)23-3)24(4,5)6/h9-13H,7-8H2,1-6H3/b16-13-. The molecule has 0 radical (unpaired) electrons. The summed E-state index contributed by atoms with van der Waals surface area (Å²) >= 11 is 1.11. The molecule has 24 heavy (non-hydrogen) atoms. The minimum Gasteiger partial charge on any atom is -0.461 e. The van der Waals surface area contributed by atoms with E-state index >= 15 is 0 Å².